The van der Waals surface area contributed by atoms with Crippen LogP contribution in [0.15, 0.2) is 34.9 Å². The molecule has 25 heavy (non-hydrogen) atoms. The molecule has 0 bridgehead atoms. The number of carbonyl (C=O) groups is 1. The van der Waals surface area contributed by atoms with Crippen LogP contribution in [0.2, 0.25) is 5.02 Å². The first-order chi connectivity index (χ1) is 12.1. The van der Waals surface area contributed by atoms with Gasteiger partial charge in [-0.1, -0.05) is 11.6 Å². The molecule has 130 valence electrons. The number of nitrogens with zero attached hydrogens (tertiary/aromatic N) is 3. The molecule has 7 heteroatoms. The van der Waals surface area contributed by atoms with Crippen molar-refractivity contribution < 1.29 is 13.9 Å². The van der Waals surface area contributed by atoms with Gasteiger partial charge < -0.3 is 18.6 Å². The van der Waals surface area contributed by atoms with E-state index in [1.165, 1.54) is 0 Å². The highest BCUT2D eigenvalue weighted by molar-refractivity contribution is 6.31. The number of carbonyl (C=O) groups excluding carboxylic acids is 1. The molecule has 1 aliphatic rings. The molecule has 0 aliphatic carbocycles. The number of fused-ring (bicyclic) bond motifs is 2. The van der Waals surface area contributed by atoms with Crippen molar-refractivity contribution in [3.63, 3.8) is 0 Å². The zero-order valence-electron chi connectivity index (χ0n) is 14.0. The van der Waals surface area contributed by atoms with Crippen molar-refractivity contribution in [3.8, 4) is 0 Å². The van der Waals surface area contributed by atoms with Crippen LogP contribution < -0.4 is 0 Å². The Morgan fingerprint density at radius 1 is 1.40 bits per heavy atom. The molecular formula is C18H18ClN3O3. The Bertz CT molecular complexity index is 946. The van der Waals surface area contributed by atoms with Gasteiger partial charge in [0.2, 0.25) is 0 Å². The lowest BCUT2D eigenvalue weighted by molar-refractivity contribution is 0.0602. The van der Waals surface area contributed by atoms with Crippen LogP contribution in [0.5, 0.6) is 0 Å². The van der Waals surface area contributed by atoms with Gasteiger partial charge in [0.05, 0.1) is 24.5 Å². The van der Waals surface area contributed by atoms with Gasteiger partial charge in [0.1, 0.15) is 11.4 Å². The average Bonchev–Trinajstić information content (AvgIpc) is 3.19. The predicted molar refractivity (Wildman–Crippen MR) is 93.6 cm³/mol. The number of hydrogen-bond acceptors (Lipinski definition) is 4. The van der Waals surface area contributed by atoms with Crippen LogP contribution >= 0.6 is 11.6 Å². The van der Waals surface area contributed by atoms with Crippen molar-refractivity contribution in [1.29, 1.82) is 0 Å². The van der Waals surface area contributed by atoms with Gasteiger partial charge in [-0.05, 0) is 31.2 Å². The number of rotatable bonds is 3. The monoisotopic (exact) mass is 359 g/mol. The summed E-state index contributed by atoms with van der Waals surface area (Å²) < 4.78 is 13.0. The molecule has 0 N–H and O–H groups in total. The van der Waals surface area contributed by atoms with Crippen molar-refractivity contribution in [2.24, 2.45) is 0 Å². The first-order valence-electron chi connectivity index (χ1n) is 8.12. The summed E-state index contributed by atoms with van der Waals surface area (Å²) in [4.78, 5) is 19.2. The third kappa shape index (κ3) is 2.71. The van der Waals surface area contributed by atoms with Crippen LogP contribution in [-0.4, -0.2) is 34.0 Å². The van der Waals surface area contributed by atoms with E-state index < -0.39 is 0 Å². The Kier molecular flexibility index (Phi) is 4.01. The second kappa shape index (κ2) is 6.20. The molecule has 6 nitrogen and oxygen atoms in total. The second-order valence-corrected chi connectivity index (χ2v) is 6.60. The minimum Gasteiger partial charge on any atom is -0.451 e. The molecule has 2 aromatic heterocycles. The van der Waals surface area contributed by atoms with E-state index in [1.807, 2.05) is 13.1 Å². The Balaban J connectivity index is 1.63. The lowest BCUT2D eigenvalue weighted by Gasteiger charge is -2.33. The molecule has 1 amide bonds. The molecule has 1 aromatic carbocycles. The highest BCUT2D eigenvalue weighted by atomic mass is 35.5. The Labute approximate surface area is 149 Å². The van der Waals surface area contributed by atoms with Gasteiger partial charge in [0.15, 0.2) is 5.76 Å². The highest BCUT2D eigenvalue weighted by Crippen LogP contribution is 2.29. The first-order valence-corrected chi connectivity index (χ1v) is 8.49. The van der Waals surface area contributed by atoms with Gasteiger partial charge in [0.25, 0.3) is 5.91 Å². The van der Waals surface area contributed by atoms with Crippen LogP contribution in [0, 0.1) is 0 Å². The summed E-state index contributed by atoms with van der Waals surface area (Å²) >= 11 is 6.01. The van der Waals surface area contributed by atoms with E-state index in [-0.39, 0.29) is 11.9 Å². The summed E-state index contributed by atoms with van der Waals surface area (Å²) in [5, 5.41) is 1.44. The molecule has 0 saturated carbocycles. The predicted octanol–water partition coefficient (Wildman–Crippen LogP) is 3.65. The third-order valence-corrected chi connectivity index (χ3v) is 4.85. The summed E-state index contributed by atoms with van der Waals surface area (Å²) in [5.74, 6) is 1.05. The van der Waals surface area contributed by atoms with Gasteiger partial charge in [-0.2, -0.15) is 0 Å². The fraction of sp³-hybridized carbons (Fsp3) is 0.333. The lowest BCUT2D eigenvalue weighted by atomic mass is 10.2. The average molecular weight is 360 g/mol. The van der Waals surface area contributed by atoms with Crippen LogP contribution in [0.25, 0.3) is 11.0 Å². The Hall–Kier alpha value is -2.31. The van der Waals surface area contributed by atoms with E-state index in [4.69, 9.17) is 20.8 Å². The number of imidazole rings is 1. The smallest absolute Gasteiger partial charge is 0.290 e. The Morgan fingerprint density at radius 2 is 2.24 bits per heavy atom. The van der Waals surface area contributed by atoms with E-state index in [2.05, 4.69) is 9.55 Å². The van der Waals surface area contributed by atoms with Gasteiger partial charge in [-0.25, -0.2) is 4.98 Å². The minimum absolute atomic E-state index is 0.136. The molecular weight excluding hydrogens is 342 g/mol. The fourth-order valence-corrected chi connectivity index (χ4v) is 3.54. The molecule has 1 atom stereocenters. The number of aromatic nitrogens is 2. The second-order valence-electron chi connectivity index (χ2n) is 6.16. The number of ether oxygens (including phenoxy) is 1. The molecule has 0 radical (unpaired) electrons. The molecule has 3 heterocycles. The number of furan rings is 1. The first kappa shape index (κ1) is 16.2. The van der Waals surface area contributed by atoms with Crippen LogP contribution in [-0.2, 0) is 17.9 Å². The maximum atomic E-state index is 12.9. The van der Waals surface area contributed by atoms with Crippen molar-refractivity contribution in [3.05, 3.63) is 52.8 Å². The van der Waals surface area contributed by atoms with E-state index in [9.17, 15) is 4.79 Å². The SMILES string of the molecule is COCc1cnc2n1CCN(C(=O)c1cc3cc(Cl)ccc3o1)[C@@H]2C. The van der Waals surface area contributed by atoms with Gasteiger partial charge in [-0.3, -0.25) is 4.79 Å². The largest absolute Gasteiger partial charge is 0.451 e. The summed E-state index contributed by atoms with van der Waals surface area (Å²) in [5.41, 5.74) is 1.68. The highest BCUT2D eigenvalue weighted by Gasteiger charge is 2.32. The molecule has 0 fully saturated rings. The standard InChI is InChI=1S/C18H18ClN3O3/c1-11-17-20-9-14(10-24-2)22(17)6-5-21(11)18(23)16-8-12-7-13(19)3-4-15(12)25-16/h3-4,7-9,11H,5-6,10H2,1-2H3/t11-/m1/s1. The number of benzene rings is 1. The topological polar surface area (TPSA) is 60.5 Å². The zero-order chi connectivity index (χ0) is 17.6. The summed E-state index contributed by atoms with van der Waals surface area (Å²) in [6.07, 6.45) is 1.81. The maximum Gasteiger partial charge on any atom is 0.290 e. The molecule has 1 aliphatic heterocycles. The number of halogens is 1. The third-order valence-electron chi connectivity index (χ3n) is 4.62. The van der Waals surface area contributed by atoms with Gasteiger partial charge in [0, 0.05) is 30.6 Å². The van der Waals surface area contributed by atoms with Crippen molar-refractivity contribution in [2.45, 2.75) is 26.1 Å². The summed E-state index contributed by atoms with van der Waals surface area (Å²) in [6.45, 7) is 3.78. The summed E-state index contributed by atoms with van der Waals surface area (Å²) in [7, 11) is 1.66. The number of methoxy groups -OCH3 is 1. The molecule has 0 unspecified atom stereocenters. The number of hydrogen-bond donors (Lipinski definition) is 0. The van der Waals surface area contributed by atoms with Crippen LogP contribution in [0.3, 0.4) is 0 Å². The van der Waals surface area contributed by atoms with E-state index >= 15 is 0 Å². The van der Waals surface area contributed by atoms with Crippen molar-refractivity contribution in [1.82, 2.24) is 14.5 Å². The summed E-state index contributed by atoms with van der Waals surface area (Å²) in [6, 6.07) is 6.93. The van der Waals surface area contributed by atoms with Crippen molar-refractivity contribution in [2.75, 3.05) is 13.7 Å². The van der Waals surface area contributed by atoms with Crippen LogP contribution in [0.4, 0.5) is 0 Å². The van der Waals surface area contributed by atoms with E-state index in [0.717, 1.165) is 16.9 Å². The molecule has 4 rings (SSSR count). The number of amides is 1. The van der Waals surface area contributed by atoms with Gasteiger partial charge >= 0.3 is 0 Å². The quantitative estimate of drug-likeness (QED) is 0.716. The van der Waals surface area contributed by atoms with Gasteiger partial charge in [-0.15, -0.1) is 0 Å². The molecule has 0 saturated heterocycles. The fourth-order valence-electron chi connectivity index (χ4n) is 3.36. The molecule has 3 aromatic rings. The zero-order valence-corrected chi connectivity index (χ0v) is 14.8. The van der Waals surface area contributed by atoms with Crippen LogP contribution in [0.1, 0.15) is 35.0 Å². The lowest BCUT2D eigenvalue weighted by Crippen LogP contribution is -2.41. The minimum atomic E-state index is -0.137. The Morgan fingerprint density at radius 3 is 3.04 bits per heavy atom. The van der Waals surface area contributed by atoms with E-state index in [1.54, 1.807) is 36.3 Å². The normalized spacial score (nSPS) is 17.1. The maximum absolute atomic E-state index is 12.9. The van der Waals surface area contributed by atoms with E-state index in [0.29, 0.717) is 36.1 Å². The van der Waals surface area contributed by atoms with Crippen molar-refractivity contribution >= 4 is 28.5 Å². The molecule has 0 spiro atoms.